The van der Waals surface area contributed by atoms with E-state index in [9.17, 15) is 14.4 Å². The molecule has 7 nitrogen and oxygen atoms in total. The number of fused-ring (bicyclic) bond motifs is 1. The Kier molecular flexibility index (Phi) is 4.80. The van der Waals surface area contributed by atoms with E-state index in [0.717, 1.165) is 4.47 Å². The van der Waals surface area contributed by atoms with Gasteiger partial charge in [0.05, 0.1) is 12.2 Å². The van der Waals surface area contributed by atoms with E-state index < -0.39 is 11.5 Å². The number of amides is 1. The minimum atomic E-state index is -0.710. The lowest BCUT2D eigenvalue weighted by Gasteiger charge is -2.07. The third kappa shape index (κ3) is 3.85. The maximum absolute atomic E-state index is 12.2. The summed E-state index contributed by atoms with van der Waals surface area (Å²) >= 11 is 3.33. The van der Waals surface area contributed by atoms with Crippen LogP contribution >= 0.6 is 15.9 Å². The standard InChI is InChI=1S/C17H14BrN3O4/c1-10-2-5-15(22)21(20-10)7-6-19-16(23)13-9-11-8-12(18)3-4-14(11)25-17(13)24/h2-5,8-9H,6-7H2,1H3,(H,19,23). The summed E-state index contributed by atoms with van der Waals surface area (Å²) in [6.45, 7) is 2.13. The summed E-state index contributed by atoms with van der Waals surface area (Å²) in [4.78, 5) is 35.9. The van der Waals surface area contributed by atoms with Gasteiger partial charge in [-0.1, -0.05) is 15.9 Å². The van der Waals surface area contributed by atoms with Crippen LogP contribution in [0.5, 0.6) is 0 Å². The second-order valence-electron chi connectivity index (χ2n) is 5.42. The molecule has 0 fully saturated rings. The number of halogens is 1. The average Bonchev–Trinajstić information content (AvgIpc) is 2.57. The Hall–Kier alpha value is -2.74. The van der Waals surface area contributed by atoms with Crippen molar-refractivity contribution in [3.05, 3.63) is 72.9 Å². The predicted octanol–water partition coefficient (Wildman–Crippen LogP) is 1.85. The monoisotopic (exact) mass is 403 g/mol. The molecule has 0 saturated carbocycles. The van der Waals surface area contributed by atoms with Gasteiger partial charge in [-0.25, -0.2) is 9.48 Å². The van der Waals surface area contributed by atoms with E-state index in [1.165, 1.54) is 16.8 Å². The molecule has 0 radical (unpaired) electrons. The summed E-state index contributed by atoms with van der Waals surface area (Å²) in [6.07, 6.45) is 0. The van der Waals surface area contributed by atoms with Crippen molar-refractivity contribution in [2.45, 2.75) is 13.5 Å². The second-order valence-corrected chi connectivity index (χ2v) is 6.34. The summed E-state index contributed by atoms with van der Waals surface area (Å²) in [5.74, 6) is -0.559. The van der Waals surface area contributed by atoms with Gasteiger partial charge in [-0.2, -0.15) is 5.10 Å². The highest BCUT2D eigenvalue weighted by Gasteiger charge is 2.13. The molecule has 0 aliphatic carbocycles. The fourth-order valence-electron chi connectivity index (χ4n) is 2.33. The first-order valence-electron chi connectivity index (χ1n) is 7.50. The van der Waals surface area contributed by atoms with E-state index in [-0.39, 0.29) is 24.2 Å². The molecule has 3 rings (SSSR count). The zero-order valence-corrected chi connectivity index (χ0v) is 14.9. The molecule has 0 saturated heterocycles. The van der Waals surface area contributed by atoms with Gasteiger partial charge in [0.1, 0.15) is 11.1 Å². The van der Waals surface area contributed by atoms with Crippen molar-refractivity contribution in [2.24, 2.45) is 0 Å². The maximum atomic E-state index is 12.2. The number of nitrogens with zero attached hydrogens (tertiary/aromatic N) is 2. The first kappa shape index (κ1) is 17.1. The predicted molar refractivity (Wildman–Crippen MR) is 95.8 cm³/mol. The highest BCUT2D eigenvalue weighted by atomic mass is 79.9. The van der Waals surface area contributed by atoms with Crippen molar-refractivity contribution < 1.29 is 9.21 Å². The molecule has 1 aromatic carbocycles. The van der Waals surface area contributed by atoms with E-state index >= 15 is 0 Å². The van der Waals surface area contributed by atoms with Gasteiger partial charge in [0.15, 0.2) is 0 Å². The SMILES string of the molecule is Cc1ccc(=O)n(CCNC(=O)c2cc3cc(Br)ccc3oc2=O)n1. The van der Waals surface area contributed by atoms with Gasteiger partial charge in [-0.05, 0) is 37.3 Å². The molecule has 0 unspecified atom stereocenters. The highest BCUT2D eigenvalue weighted by Crippen LogP contribution is 2.19. The molecule has 3 aromatic rings. The maximum Gasteiger partial charge on any atom is 0.349 e. The van der Waals surface area contributed by atoms with Crippen LogP contribution in [-0.2, 0) is 6.54 Å². The summed E-state index contributed by atoms with van der Waals surface area (Å²) in [5.41, 5.74) is 0.0511. The van der Waals surface area contributed by atoms with E-state index in [0.29, 0.717) is 16.7 Å². The molecule has 0 aliphatic heterocycles. The first-order valence-corrected chi connectivity index (χ1v) is 8.30. The molecule has 2 aromatic heterocycles. The third-order valence-corrected chi connectivity index (χ3v) is 4.04. The normalized spacial score (nSPS) is 10.8. The number of hydrogen-bond acceptors (Lipinski definition) is 5. The van der Waals surface area contributed by atoms with Crippen LogP contribution in [0, 0.1) is 6.92 Å². The van der Waals surface area contributed by atoms with Crippen LogP contribution < -0.4 is 16.5 Å². The second kappa shape index (κ2) is 7.02. The Morgan fingerprint density at radius 1 is 1.24 bits per heavy atom. The molecular formula is C17H14BrN3O4. The average molecular weight is 404 g/mol. The van der Waals surface area contributed by atoms with Crippen LogP contribution in [0.4, 0.5) is 0 Å². The number of benzene rings is 1. The van der Waals surface area contributed by atoms with Gasteiger partial charge in [0, 0.05) is 22.5 Å². The van der Waals surface area contributed by atoms with E-state index in [2.05, 4.69) is 26.3 Å². The molecule has 2 heterocycles. The van der Waals surface area contributed by atoms with Crippen LogP contribution in [0.25, 0.3) is 11.0 Å². The molecule has 1 amide bonds. The van der Waals surface area contributed by atoms with Crippen molar-refractivity contribution in [3.8, 4) is 0 Å². The summed E-state index contributed by atoms with van der Waals surface area (Å²) in [5, 5.41) is 7.32. The lowest BCUT2D eigenvalue weighted by atomic mass is 10.2. The van der Waals surface area contributed by atoms with Crippen LogP contribution in [0.3, 0.4) is 0 Å². The van der Waals surface area contributed by atoms with Crippen molar-refractivity contribution in [1.29, 1.82) is 0 Å². The van der Waals surface area contributed by atoms with Crippen molar-refractivity contribution >= 4 is 32.8 Å². The highest BCUT2D eigenvalue weighted by molar-refractivity contribution is 9.10. The lowest BCUT2D eigenvalue weighted by molar-refractivity contribution is 0.0948. The Bertz CT molecular complexity index is 1070. The van der Waals surface area contributed by atoms with Crippen LogP contribution in [0.2, 0.25) is 0 Å². The number of carbonyl (C=O) groups is 1. The number of hydrogen-bond donors (Lipinski definition) is 1. The summed E-state index contributed by atoms with van der Waals surface area (Å²) < 4.78 is 7.23. The molecule has 0 bridgehead atoms. The molecule has 0 aliphatic rings. The van der Waals surface area contributed by atoms with Crippen molar-refractivity contribution in [3.63, 3.8) is 0 Å². The molecule has 0 spiro atoms. The molecular weight excluding hydrogens is 390 g/mol. The first-order chi connectivity index (χ1) is 11.9. The van der Waals surface area contributed by atoms with Gasteiger partial charge in [0.2, 0.25) is 0 Å². The van der Waals surface area contributed by atoms with Gasteiger partial charge in [0.25, 0.3) is 11.5 Å². The van der Waals surface area contributed by atoms with Gasteiger partial charge in [-0.3, -0.25) is 9.59 Å². The number of nitrogens with one attached hydrogen (secondary N) is 1. The Morgan fingerprint density at radius 3 is 2.84 bits per heavy atom. The molecule has 0 atom stereocenters. The van der Waals surface area contributed by atoms with Crippen molar-refractivity contribution in [2.75, 3.05) is 6.54 Å². The van der Waals surface area contributed by atoms with E-state index in [1.807, 2.05) is 0 Å². The molecule has 1 N–H and O–H groups in total. The number of aromatic nitrogens is 2. The lowest BCUT2D eigenvalue weighted by Crippen LogP contribution is -2.34. The molecule has 128 valence electrons. The van der Waals surface area contributed by atoms with Crippen LogP contribution in [0.1, 0.15) is 16.1 Å². The van der Waals surface area contributed by atoms with Gasteiger partial charge in [-0.15, -0.1) is 0 Å². The Labute approximate surface area is 150 Å². The fourth-order valence-corrected chi connectivity index (χ4v) is 2.71. The zero-order chi connectivity index (χ0) is 18.0. The molecule has 25 heavy (non-hydrogen) atoms. The molecule has 8 heteroatoms. The number of aryl methyl sites for hydroxylation is 1. The minimum Gasteiger partial charge on any atom is -0.422 e. The van der Waals surface area contributed by atoms with Crippen LogP contribution in [0.15, 0.2) is 54.9 Å². The number of carbonyl (C=O) groups excluding carboxylic acids is 1. The fraction of sp³-hybridized carbons (Fsp3) is 0.176. The summed E-state index contributed by atoms with van der Waals surface area (Å²) in [7, 11) is 0. The quantitative estimate of drug-likeness (QED) is 0.670. The third-order valence-electron chi connectivity index (χ3n) is 3.55. The van der Waals surface area contributed by atoms with Gasteiger partial charge >= 0.3 is 5.63 Å². The summed E-state index contributed by atoms with van der Waals surface area (Å²) in [6, 6.07) is 9.68. The topological polar surface area (TPSA) is 94.2 Å². The van der Waals surface area contributed by atoms with Crippen molar-refractivity contribution in [1.82, 2.24) is 15.1 Å². The number of rotatable bonds is 4. The van der Waals surface area contributed by atoms with E-state index in [4.69, 9.17) is 4.42 Å². The Balaban J connectivity index is 1.76. The minimum absolute atomic E-state index is 0.0878. The van der Waals surface area contributed by atoms with Gasteiger partial charge < -0.3 is 9.73 Å². The smallest absolute Gasteiger partial charge is 0.349 e. The largest absolute Gasteiger partial charge is 0.422 e. The zero-order valence-electron chi connectivity index (χ0n) is 13.3. The van der Waals surface area contributed by atoms with E-state index in [1.54, 1.807) is 31.2 Å². The Morgan fingerprint density at radius 2 is 2.04 bits per heavy atom. The van der Waals surface area contributed by atoms with Crippen LogP contribution in [-0.4, -0.2) is 22.2 Å².